The molecular formula is C50H87O10P. The lowest BCUT2D eigenvalue weighted by Crippen LogP contribution is -2.29. The summed E-state index contributed by atoms with van der Waals surface area (Å²) in [5.74, 6) is -1.00. The summed E-state index contributed by atoms with van der Waals surface area (Å²) in [6.07, 6.45) is 53.0. The number of rotatable bonds is 44. The average Bonchev–Trinajstić information content (AvgIpc) is 3.25. The number of ether oxygens (including phenoxy) is 2. The monoisotopic (exact) mass is 879 g/mol. The van der Waals surface area contributed by atoms with Crippen molar-refractivity contribution in [3.63, 3.8) is 0 Å². The number of carbonyl (C=O) groups is 2. The number of esters is 2. The molecule has 0 saturated heterocycles. The van der Waals surface area contributed by atoms with Crippen molar-refractivity contribution in [2.75, 3.05) is 26.4 Å². The van der Waals surface area contributed by atoms with E-state index in [1.807, 2.05) is 6.08 Å². The smallest absolute Gasteiger partial charge is 0.462 e. The SMILES string of the molecule is CCCCC/C=C/C/C=C/CCCCCCCCCC(=O)O[C@H](COC(=O)CCC/C=C/C/C=C/C/C=C/C/C=C/CCCCCCCCC)COP(=O)(O)OC[C@@H](O)CO. The predicted octanol–water partition coefficient (Wildman–Crippen LogP) is 13.2. The molecule has 0 bridgehead atoms. The van der Waals surface area contributed by atoms with E-state index in [2.05, 4.69) is 80.7 Å². The molecule has 0 aromatic heterocycles. The maximum Gasteiger partial charge on any atom is 0.472 e. The first-order chi connectivity index (χ1) is 29.7. The second-order valence-corrected chi connectivity index (χ2v) is 17.2. The maximum atomic E-state index is 12.6. The Morgan fingerprint density at radius 2 is 0.869 bits per heavy atom. The number of aliphatic hydroxyl groups excluding tert-OH is 2. The number of allylic oxidation sites excluding steroid dienone is 12. The minimum Gasteiger partial charge on any atom is -0.462 e. The van der Waals surface area contributed by atoms with E-state index in [4.69, 9.17) is 23.6 Å². The van der Waals surface area contributed by atoms with Crippen LogP contribution >= 0.6 is 7.82 Å². The van der Waals surface area contributed by atoms with Crippen molar-refractivity contribution in [3.8, 4) is 0 Å². The highest BCUT2D eigenvalue weighted by molar-refractivity contribution is 7.47. The van der Waals surface area contributed by atoms with Gasteiger partial charge >= 0.3 is 19.8 Å². The highest BCUT2D eigenvalue weighted by Gasteiger charge is 2.27. The number of phosphoric acid groups is 1. The predicted molar refractivity (Wildman–Crippen MR) is 251 cm³/mol. The van der Waals surface area contributed by atoms with Gasteiger partial charge in [0.05, 0.1) is 19.8 Å². The molecule has 1 unspecified atom stereocenters. The Labute approximate surface area is 371 Å². The molecule has 0 radical (unpaired) electrons. The van der Waals surface area contributed by atoms with Gasteiger partial charge in [0.1, 0.15) is 12.7 Å². The summed E-state index contributed by atoms with van der Waals surface area (Å²) >= 11 is 0. The molecule has 0 rings (SSSR count). The summed E-state index contributed by atoms with van der Waals surface area (Å²) in [4.78, 5) is 35.1. The first-order valence-electron chi connectivity index (χ1n) is 23.9. The van der Waals surface area contributed by atoms with Crippen molar-refractivity contribution in [1.82, 2.24) is 0 Å². The van der Waals surface area contributed by atoms with Gasteiger partial charge in [0.15, 0.2) is 6.10 Å². The third-order valence-corrected chi connectivity index (χ3v) is 10.8. The first-order valence-corrected chi connectivity index (χ1v) is 25.4. The topological polar surface area (TPSA) is 149 Å². The average molecular weight is 879 g/mol. The zero-order chi connectivity index (χ0) is 44.8. The maximum absolute atomic E-state index is 12.6. The van der Waals surface area contributed by atoms with Crippen molar-refractivity contribution in [2.45, 2.75) is 206 Å². The number of aliphatic hydroxyl groups is 2. The van der Waals surface area contributed by atoms with Crippen molar-refractivity contribution >= 4 is 19.8 Å². The van der Waals surface area contributed by atoms with Crippen LogP contribution in [0.1, 0.15) is 194 Å². The van der Waals surface area contributed by atoms with Gasteiger partial charge in [0.2, 0.25) is 0 Å². The number of hydrogen-bond donors (Lipinski definition) is 3. The first kappa shape index (κ1) is 58.4. The van der Waals surface area contributed by atoms with Crippen LogP contribution in [0.3, 0.4) is 0 Å². The standard InChI is InChI=1S/C50H87O10P/c1-3-5-7-9-11-13-15-17-19-21-22-23-24-26-27-29-31-33-35-37-39-41-49(53)57-45-48(46-59-61(55,56)58-44-47(52)43-51)60-50(54)42-40-38-36-34-32-30-28-25-20-18-16-14-12-10-8-6-4-2/h12,14,18-21,23-24,27,29,33,35,47-48,51-52H,3-11,13,15-17,22,25-26,28,30-32,34,36-46H2,1-2H3,(H,55,56)/b14-12+,20-18+,21-19+,24-23+,29-27+,35-33+/t47-,48+/m0/s1. The summed E-state index contributed by atoms with van der Waals surface area (Å²) < 4.78 is 32.7. The van der Waals surface area contributed by atoms with Gasteiger partial charge in [-0.2, -0.15) is 0 Å². The van der Waals surface area contributed by atoms with E-state index in [-0.39, 0.29) is 19.4 Å². The van der Waals surface area contributed by atoms with Crippen LogP contribution in [0, 0.1) is 0 Å². The van der Waals surface area contributed by atoms with Crippen LogP contribution in [-0.2, 0) is 32.7 Å². The normalized spacial score (nSPS) is 14.4. The van der Waals surface area contributed by atoms with Gasteiger partial charge in [-0.05, 0) is 83.5 Å². The molecule has 0 spiro atoms. The molecule has 61 heavy (non-hydrogen) atoms. The summed E-state index contributed by atoms with van der Waals surface area (Å²) in [6, 6.07) is 0. The van der Waals surface area contributed by atoms with E-state index in [1.165, 1.54) is 89.9 Å². The van der Waals surface area contributed by atoms with Crippen LogP contribution in [0.2, 0.25) is 0 Å². The quantitative estimate of drug-likeness (QED) is 0.0234. The molecule has 0 aliphatic rings. The van der Waals surface area contributed by atoms with Crippen molar-refractivity contribution in [1.29, 1.82) is 0 Å². The van der Waals surface area contributed by atoms with Crippen LogP contribution < -0.4 is 0 Å². The molecule has 0 amide bonds. The van der Waals surface area contributed by atoms with Gasteiger partial charge in [-0.3, -0.25) is 18.6 Å². The zero-order valence-corrected chi connectivity index (χ0v) is 39.3. The second kappa shape index (κ2) is 45.4. The fourth-order valence-electron chi connectivity index (χ4n) is 6.13. The molecule has 0 saturated carbocycles. The van der Waals surface area contributed by atoms with Crippen LogP contribution in [0.25, 0.3) is 0 Å². The lowest BCUT2D eigenvalue weighted by atomic mass is 10.1. The largest absolute Gasteiger partial charge is 0.472 e. The Hall–Kier alpha value is -2.59. The fraction of sp³-hybridized carbons (Fsp3) is 0.720. The van der Waals surface area contributed by atoms with E-state index < -0.39 is 51.8 Å². The van der Waals surface area contributed by atoms with Gasteiger partial charge in [0.25, 0.3) is 0 Å². The molecule has 3 atom stereocenters. The summed E-state index contributed by atoms with van der Waals surface area (Å²) in [5, 5.41) is 18.4. The Kier molecular flexibility index (Phi) is 43.5. The van der Waals surface area contributed by atoms with Gasteiger partial charge in [-0.1, -0.05) is 170 Å². The van der Waals surface area contributed by atoms with E-state index in [9.17, 15) is 24.2 Å². The molecular weight excluding hydrogens is 792 g/mol. The molecule has 0 aromatic carbocycles. The minimum absolute atomic E-state index is 0.160. The third-order valence-electron chi connectivity index (χ3n) is 9.83. The van der Waals surface area contributed by atoms with E-state index in [0.717, 1.165) is 57.8 Å². The molecule has 0 aliphatic heterocycles. The Balaban J connectivity index is 4.35. The van der Waals surface area contributed by atoms with Crippen LogP contribution in [-0.4, -0.2) is 65.7 Å². The molecule has 11 heteroatoms. The molecule has 3 N–H and O–H groups in total. The van der Waals surface area contributed by atoms with Gasteiger partial charge in [-0.15, -0.1) is 0 Å². The van der Waals surface area contributed by atoms with E-state index in [0.29, 0.717) is 19.3 Å². The lowest BCUT2D eigenvalue weighted by molar-refractivity contribution is -0.161. The molecule has 352 valence electrons. The number of hydrogen-bond acceptors (Lipinski definition) is 9. The van der Waals surface area contributed by atoms with Gasteiger partial charge in [-0.25, -0.2) is 4.57 Å². The van der Waals surface area contributed by atoms with Crippen LogP contribution in [0.5, 0.6) is 0 Å². The Bertz CT molecular complexity index is 1240. The second-order valence-electron chi connectivity index (χ2n) is 15.8. The lowest BCUT2D eigenvalue weighted by Gasteiger charge is -2.20. The molecule has 0 aliphatic carbocycles. The zero-order valence-electron chi connectivity index (χ0n) is 38.4. The van der Waals surface area contributed by atoms with Crippen molar-refractivity contribution < 1.29 is 47.8 Å². The number of carbonyl (C=O) groups excluding carboxylic acids is 2. The molecule has 0 fully saturated rings. The Morgan fingerprint density at radius 1 is 0.492 bits per heavy atom. The molecule has 0 aromatic rings. The highest BCUT2D eigenvalue weighted by atomic mass is 31.2. The molecule has 0 heterocycles. The van der Waals surface area contributed by atoms with Gasteiger partial charge < -0.3 is 24.6 Å². The van der Waals surface area contributed by atoms with Crippen LogP contribution in [0.4, 0.5) is 0 Å². The number of unbranched alkanes of at least 4 members (excludes halogenated alkanes) is 18. The molecule has 10 nitrogen and oxygen atoms in total. The van der Waals surface area contributed by atoms with E-state index >= 15 is 0 Å². The third kappa shape index (κ3) is 45.3. The summed E-state index contributed by atoms with van der Waals surface area (Å²) in [5.41, 5.74) is 0. The summed E-state index contributed by atoms with van der Waals surface area (Å²) in [6.45, 7) is 2.28. The van der Waals surface area contributed by atoms with Crippen molar-refractivity contribution in [2.24, 2.45) is 0 Å². The Morgan fingerprint density at radius 3 is 1.36 bits per heavy atom. The van der Waals surface area contributed by atoms with Crippen LogP contribution in [0.15, 0.2) is 72.9 Å². The minimum atomic E-state index is -4.64. The summed E-state index contributed by atoms with van der Waals surface area (Å²) in [7, 11) is -4.64. The number of phosphoric ester groups is 1. The van der Waals surface area contributed by atoms with Gasteiger partial charge in [0, 0.05) is 12.8 Å². The van der Waals surface area contributed by atoms with Crippen molar-refractivity contribution in [3.05, 3.63) is 72.9 Å². The fourth-order valence-corrected chi connectivity index (χ4v) is 6.92. The highest BCUT2D eigenvalue weighted by Crippen LogP contribution is 2.43. The van der Waals surface area contributed by atoms with E-state index in [1.54, 1.807) is 0 Å².